The highest BCUT2D eigenvalue weighted by molar-refractivity contribution is 5.80. The number of hydrogen-bond acceptors (Lipinski definition) is 3. The zero-order valence-corrected chi connectivity index (χ0v) is 14.2. The lowest BCUT2D eigenvalue weighted by atomic mass is 9.81. The van der Waals surface area contributed by atoms with Crippen molar-refractivity contribution in [2.75, 3.05) is 33.4 Å². The molecular formula is C16H28F3N3O2. The Kier molecular flexibility index (Phi) is 6.74. The summed E-state index contributed by atoms with van der Waals surface area (Å²) in [4.78, 5) is 4.16. The van der Waals surface area contributed by atoms with Crippen molar-refractivity contribution in [3.8, 4) is 0 Å². The summed E-state index contributed by atoms with van der Waals surface area (Å²) in [5.41, 5.74) is -0.218. The third kappa shape index (κ3) is 5.24. The number of aliphatic hydroxyl groups excluding tert-OH is 1. The van der Waals surface area contributed by atoms with E-state index in [9.17, 15) is 18.3 Å². The number of hydrogen-bond donors (Lipinski definition) is 3. The zero-order chi connectivity index (χ0) is 17.6. The summed E-state index contributed by atoms with van der Waals surface area (Å²) in [6.45, 7) is 1.92. The highest BCUT2D eigenvalue weighted by Gasteiger charge is 2.41. The second kappa shape index (κ2) is 8.38. The van der Waals surface area contributed by atoms with Gasteiger partial charge in [0.05, 0.1) is 12.5 Å². The molecule has 1 saturated heterocycles. The SMILES string of the molecule is CN=C(NCC1(CO)CCOCC1)NC1CCC(C(F)(F)F)CC1. The molecular weight excluding hydrogens is 323 g/mol. The lowest BCUT2D eigenvalue weighted by Crippen LogP contribution is -2.50. The predicted octanol–water partition coefficient (Wildman–Crippen LogP) is 2.06. The standard InChI is InChI=1S/C16H28F3N3O2/c1-20-14(21-10-15(11-23)6-8-24-9-7-15)22-13-4-2-12(3-5-13)16(17,18)19/h12-13,23H,2-11H2,1H3,(H2,20,21,22). The minimum Gasteiger partial charge on any atom is -0.396 e. The minimum absolute atomic E-state index is 0.00886. The van der Waals surface area contributed by atoms with Crippen LogP contribution in [0.15, 0.2) is 4.99 Å². The third-order valence-electron chi connectivity index (χ3n) is 5.27. The first kappa shape index (κ1) is 19.3. The Bertz CT molecular complexity index is 415. The highest BCUT2D eigenvalue weighted by Crippen LogP contribution is 2.37. The number of nitrogens with one attached hydrogen (secondary N) is 2. The van der Waals surface area contributed by atoms with Gasteiger partial charge < -0.3 is 20.5 Å². The molecule has 0 spiro atoms. The molecule has 0 atom stereocenters. The second-order valence-electron chi connectivity index (χ2n) is 6.93. The van der Waals surface area contributed by atoms with Crippen molar-refractivity contribution >= 4 is 5.96 Å². The van der Waals surface area contributed by atoms with Crippen LogP contribution in [0.3, 0.4) is 0 Å². The lowest BCUT2D eigenvalue weighted by molar-refractivity contribution is -0.182. The number of nitrogens with zero attached hydrogens (tertiary/aromatic N) is 1. The van der Waals surface area contributed by atoms with E-state index in [0.717, 1.165) is 12.8 Å². The first-order valence-corrected chi connectivity index (χ1v) is 8.61. The van der Waals surface area contributed by atoms with Gasteiger partial charge >= 0.3 is 6.18 Å². The first-order valence-electron chi connectivity index (χ1n) is 8.61. The van der Waals surface area contributed by atoms with E-state index in [1.54, 1.807) is 7.05 Å². The second-order valence-corrected chi connectivity index (χ2v) is 6.93. The van der Waals surface area contributed by atoms with Gasteiger partial charge in [0.25, 0.3) is 0 Å². The van der Waals surface area contributed by atoms with E-state index >= 15 is 0 Å². The summed E-state index contributed by atoms with van der Waals surface area (Å²) in [7, 11) is 1.65. The molecule has 0 radical (unpaired) electrons. The Balaban J connectivity index is 1.79. The van der Waals surface area contributed by atoms with Crippen LogP contribution >= 0.6 is 0 Å². The first-order chi connectivity index (χ1) is 11.4. The quantitative estimate of drug-likeness (QED) is 0.536. The summed E-state index contributed by atoms with van der Waals surface area (Å²) < 4.78 is 43.5. The molecule has 24 heavy (non-hydrogen) atoms. The van der Waals surface area contributed by atoms with Crippen molar-refractivity contribution in [1.82, 2.24) is 10.6 Å². The molecule has 0 aromatic rings. The Labute approximate surface area is 141 Å². The molecule has 0 aromatic heterocycles. The maximum atomic E-state index is 12.7. The molecule has 0 aromatic carbocycles. The fourth-order valence-corrected chi connectivity index (χ4v) is 3.42. The lowest BCUT2D eigenvalue weighted by Gasteiger charge is -2.36. The maximum Gasteiger partial charge on any atom is 0.391 e. The van der Waals surface area contributed by atoms with Crippen LogP contribution in [0, 0.1) is 11.3 Å². The number of aliphatic imine (C=N–C) groups is 1. The van der Waals surface area contributed by atoms with E-state index in [-0.39, 0.29) is 30.9 Å². The van der Waals surface area contributed by atoms with Crippen molar-refractivity contribution in [2.24, 2.45) is 16.3 Å². The number of guanidine groups is 1. The average Bonchev–Trinajstić information content (AvgIpc) is 2.59. The van der Waals surface area contributed by atoms with Gasteiger partial charge in [-0.1, -0.05) is 0 Å². The smallest absolute Gasteiger partial charge is 0.391 e. The van der Waals surface area contributed by atoms with Crippen molar-refractivity contribution in [3.05, 3.63) is 0 Å². The van der Waals surface area contributed by atoms with E-state index in [0.29, 0.717) is 38.6 Å². The molecule has 1 aliphatic heterocycles. The van der Waals surface area contributed by atoms with Crippen molar-refractivity contribution in [2.45, 2.75) is 50.7 Å². The summed E-state index contributed by atoms with van der Waals surface area (Å²) in [6, 6.07) is 0.00886. The monoisotopic (exact) mass is 351 g/mol. The summed E-state index contributed by atoms with van der Waals surface area (Å²) in [5, 5.41) is 16.1. The molecule has 8 heteroatoms. The molecule has 0 bridgehead atoms. The van der Waals surface area contributed by atoms with Crippen LogP contribution in [0.4, 0.5) is 13.2 Å². The molecule has 0 unspecified atom stereocenters. The number of alkyl halides is 3. The zero-order valence-electron chi connectivity index (χ0n) is 14.2. The van der Waals surface area contributed by atoms with E-state index in [4.69, 9.17) is 4.74 Å². The topological polar surface area (TPSA) is 65.9 Å². The molecule has 5 nitrogen and oxygen atoms in total. The van der Waals surface area contributed by atoms with E-state index in [1.807, 2.05) is 0 Å². The number of halogens is 3. The van der Waals surface area contributed by atoms with Gasteiger partial charge in [-0.3, -0.25) is 4.99 Å². The van der Waals surface area contributed by atoms with Gasteiger partial charge in [-0.15, -0.1) is 0 Å². The van der Waals surface area contributed by atoms with Gasteiger partial charge in [-0.05, 0) is 38.5 Å². The minimum atomic E-state index is -4.08. The molecule has 0 amide bonds. The van der Waals surface area contributed by atoms with Crippen molar-refractivity contribution in [1.29, 1.82) is 0 Å². The van der Waals surface area contributed by atoms with Gasteiger partial charge in [0.2, 0.25) is 0 Å². The van der Waals surface area contributed by atoms with Crippen molar-refractivity contribution in [3.63, 3.8) is 0 Å². The molecule has 140 valence electrons. The molecule has 2 rings (SSSR count). The number of rotatable bonds is 4. The average molecular weight is 351 g/mol. The normalized spacial score (nSPS) is 28.5. The largest absolute Gasteiger partial charge is 0.396 e. The molecule has 1 aliphatic carbocycles. The fourth-order valence-electron chi connectivity index (χ4n) is 3.42. The van der Waals surface area contributed by atoms with Gasteiger partial charge in [0.15, 0.2) is 5.96 Å². The predicted molar refractivity (Wildman–Crippen MR) is 85.9 cm³/mol. The summed E-state index contributed by atoms with van der Waals surface area (Å²) >= 11 is 0. The molecule has 2 aliphatic rings. The fraction of sp³-hybridized carbons (Fsp3) is 0.938. The molecule has 2 fully saturated rings. The van der Waals surface area contributed by atoms with Crippen LogP contribution in [0.2, 0.25) is 0 Å². The summed E-state index contributed by atoms with van der Waals surface area (Å²) in [6.07, 6.45) is -1.21. The van der Waals surface area contributed by atoms with E-state index in [2.05, 4.69) is 15.6 Å². The van der Waals surface area contributed by atoms with Gasteiger partial charge in [0.1, 0.15) is 0 Å². The van der Waals surface area contributed by atoms with Crippen LogP contribution in [0.25, 0.3) is 0 Å². The Hall–Kier alpha value is -1.02. The highest BCUT2D eigenvalue weighted by atomic mass is 19.4. The van der Waals surface area contributed by atoms with Crippen LogP contribution in [-0.2, 0) is 4.74 Å². The van der Waals surface area contributed by atoms with Crippen LogP contribution in [0.1, 0.15) is 38.5 Å². The third-order valence-corrected chi connectivity index (χ3v) is 5.27. The van der Waals surface area contributed by atoms with Crippen LogP contribution in [-0.4, -0.2) is 56.7 Å². The maximum absolute atomic E-state index is 12.7. The Morgan fingerprint density at radius 3 is 2.33 bits per heavy atom. The van der Waals surface area contributed by atoms with Crippen molar-refractivity contribution < 1.29 is 23.0 Å². The molecule has 1 saturated carbocycles. The van der Waals surface area contributed by atoms with Gasteiger partial charge in [-0.25, -0.2) is 0 Å². The van der Waals surface area contributed by atoms with Crippen LogP contribution < -0.4 is 10.6 Å². The number of ether oxygens (including phenoxy) is 1. The molecule has 3 N–H and O–H groups in total. The Morgan fingerprint density at radius 2 is 1.83 bits per heavy atom. The number of aliphatic hydroxyl groups is 1. The van der Waals surface area contributed by atoms with Gasteiger partial charge in [0, 0.05) is 38.3 Å². The van der Waals surface area contributed by atoms with E-state index in [1.165, 1.54) is 0 Å². The summed E-state index contributed by atoms with van der Waals surface area (Å²) in [5.74, 6) is -0.588. The molecule has 1 heterocycles. The van der Waals surface area contributed by atoms with Gasteiger partial charge in [-0.2, -0.15) is 13.2 Å². The van der Waals surface area contributed by atoms with E-state index < -0.39 is 12.1 Å². The Morgan fingerprint density at radius 1 is 1.21 bits per heavy atom. The van der Waals surface area contributed by atoms with Crippen LogP contribution in [0.5, 0.6) is 0 Å².